The van der Waals surface area contributed by atoms with E-state index in [4.69, 9.17) is 0 Å². The second-order valence-corrected chi connectivity index (χ2v) is 13.2. The zero-order valence-corrected chi connectivity index (χ0v) is 27.5. The average molecular weight is 633 g/mol. The first-order chi connectivity index (χ1) is 24.8. The molecule has 0 fully saturated rings. The van der Waals surface area contributed by atoms with E-state index in [0.29, 0.717) is 0 Å². The largest absolute Gasteiger partial charge is 0.0622 e. The molecule has 0 unspecified atom stereocenters. The maximum absolute atomic E-state index is 2.40. The van der Waals surface area contributed by atoms with Gasteiger partial charge in [-0.15, -0.1) is 0 Å². The lowest BCUT2D eigenvalue weighted by Crippen LogP contribution is -1.92. The van der Waals surface area contributed by atoms with Crippen molar-refractivity contribution in [1.82, 2.24) is 0 Å². The normalized spacial score (nSPS) is 11.6. The van der Waals surface area contributed by atoms with Crippen molar-refractivity contribution in [3.63, 3.8) is 0 Å². The second-order valence-electron chi connectivity index (χ2n) is 13.2. The van der Waals surface area contributed by atoms with Gasteiger partial charge in [0.2, 0.25) is 0 Å². The third-order valence-corrected chi connectivity index (χ3v) is 10.4. The van der Waals surface area contributed by atoms with E-state index in [9.17, 15) is 0 Å². The summed E-state index contributed by atoms with van der Waals surface area (Å²) >= 11 is 0. The van der Waals surface area contributed by atoms with E-state index in [1.54, 1.807) is 0 Å². The van der Waals surface area contributed by atoms with Crippen molar-refractivity contribution in [2.24, 2.45) is 0 Å². The lowest BCUT2D eigenvalue weighted by Gasteiger charge is -2.20. The van der Waals surface area contributed by atoms with Gasteiger partial charge in [-0.25, -0.2) is 0 Å². The van der Waals surface area contributed by atoms with Crippen LogP contribution in [-0.4, -0.2) is 0 Å². The summed E-state index contributed by atoms with van der Waals surface area (Å²) in [5.41, 5.74) is 10.1. The van der Waals surface area contributed by atoms with Gasteiger partial charge in [-0.2, -0.15) is 0 Å². The predicted octanol–water partition coefficient (Wildman–Crippen LogP) is 14.1. The van der Waals surface area contributed by atoms with E-state index >= 15 is 0 Å². The quantitative estimate of drug-likeness (QED) is 0.134. The van der Waals surface area contributed by atoms with Crippen LogP contribution in [0.3, 0.4) is 0 Å². The van der Waals surface area contributed by atoms with Gasteiger partial charge in [-0.3, -0.25) is 0 Å². The van der Waals surface area contributed by atoms with E-state index in [2.05, 4.69) is 194 Å². The lowest BCUT2D eigenvalue weighted by molar-refractivity contribution is 1.59. The zero-order chi connectivity index (χ0) is 33.0. The first kappa shape index (κ1) is 28.5. The Morgan fingerprint density at radius 2 is 0.660 bits per heavy atom. The summed E-state index contributed by atoms with van der Waals surface area (Å²) in [6, 6.07) is 71.3. The first-order valence-corrected chi connectivity index (χ1v) is 17.4. The number of rotatable bonds is 4. The summed E-state index contributed by atoms with van der Waals surface area (Å²) in [5.74, 6) is 0. The van der Waals surface area contributed by atoms with Gasteiger partial charge in [0, 0.05) is 0 Å². The lowest BCUT2D eigenvalue weighted by atomic mass is 9.83. The van der Waals surface area contributed by atoms with E-state index in [0.717, 1.165) is 0 Å². The Kier molecular flexibility index (Phi) is 6.60. The van der Waals surface area contributed by atoms with Crippen LogP contribution in [0.25, 0.3) is 98.4 Å². The van der Waals surface area contributed by atoms with Crippen LogP contribution in [0.1, 0.15) is 0 Å². The van der Waals surface area contributed by atoms with Gasteiger partial charge in [0.25, 0.3) is 0 Å². The van der Waals surface area contributed by atoms with Gasteiger partial charge >= 0.3 is 0 Å². The molecule has 0 aliphatic heterocycles. The van der Waals surface area contributed by atoms with Crippen LogP contribution in [0, 0.1) is 0 Å². The third-order valence-electron chi connectivity index (χ3n) is 10.4. The first-order valence-electron chi connectivity index (χ1n) is 17.4. The molecule has 0 aliphatic rings. The smallest absolute Gasteiger partial charge is 0.00199 e. The highest BCUT2D eigenvalue weighted by molar-refractivity contribution is 6.26. The number of benzene rings is 10. The maximum atomic E-state index is 2.40. The summed E-state index contributed by atoms with van der Waals surface area (Å²) in [7, 11) is 0. The minimum atomic E-state index is 1.23. The molecule has 0 amide bonds. The fraction of sp³-hybridized carbons (Fsp3) is 0. The molecule has 0 aromatic heterocycles. The molecule has 0 atom stereocenters. The fourth-order valence-corrected chi connectivity index (χ4v) is 8.16. The third kappa shape index (κ3) is 4.54. The van der Waals surface area contributed by atoms with Gasteiger partial charge < -0.3 is 0 Å². The summed E-state index contributed by atoms with van der Waals surface area (Å²) in [4.78, 5) is 0. The Labute approximate surface area is 291 Å². The Morgan fingerprint density at radius 3 is 1.32 bits per heavy atom. The van der Waals surface area contributed by atoms with E-state index < -0.39 is 0 Å². The predicted molar refractivity (Wildman–Crippen MR) is 216 cm³/mol. The van der Waals surface area contributed by atoms with Crippen LogP contribution in [0.4, 0.5) is 0 Å². The van der Waals surface area contributed by atoms with Crippen molar-refractivity contribution < 1.29 is 0 Å². The molecule has 0 heteroatoms. The molecular weight excluding hydrogens is 601 g/mol. The summed E-state index contributed by atoms with van der Waals surface area (Å²) in [5, 5.41) is 12.7. The molecule has 0 N–H and O–H groups in total. The maximum Gasteiger partial charge on any atom is -0.00199 e. The molecule has 10 aromatic carbocycles. The van der Waals surface area contributed by atoms with Crippen molar-refractivity contribution in [2.45, 2.75) is 0 Å². The summed E-state index contributed by atoms with van der Waals surface area (Å²) in [6.07, 6.45) is 0. The minimum Gasteiger partial charge on any atom is -0.0622 e. The zero-order valence-electron chi connectivity index (χ0n) is 27.5. The van der Waals surface area contributed by atoms with Crippen molar-refractivity contribution >= 4 is 53.9 Å². The van der Waals surface area contributed by atoms with Crippen LogP contribution in [0.2, 0.25) is 0 Å². The Balaban J connectivity index is 1.19. The molecule has 0 heterocycles. The van der Waals surface area contributed by atoms with Crippen molar-refractivity contribution in [2.75, 3.05) is 0 Å². The van der Waals surface area contributed by atoms with Crippen molar-refractivity contribution in [1.29, 1.82) is 0 Å². The Bertz CT molecular complexity index is 2860. The van der Waals surface area contributed by atoms with Gasteiger partial charge in [-0.05, 0) is 117 Å². The molecule has 0 radical (unpaired) electrons. The molecule has 0 aliphatic carbocycles. The topological polar surface area (TPSA) is 0 Å². The molecular formula is C50H32. The molecule has 0 nitrogen and oxygen atoms in total. The number of hydrogen-bond acceptors (Lipinski definition) is 0. The number of fused-ring (bicyclic) bond motifs is 6. The number of hydrogen-bond donors (Lipinski definition) is 0. The van der Waals surface area contributed by atoms with Crippen LogP contribution in [-0.2, 0) is 0 Å². The van der Waals surface area contributed by atoms with Crippen LogP contribution in [0.15, 0.2) is 194 Å². The second kappa shape index (κ2) is 11.6. The van der Waals surface area contributed by atoms with Crippen LogP contribution in [0.5, 0.6) is 0 Å². The highest BCUT2D eigenvalue weighted by Crippen LogP contribution is 2.47. The highest BCUT2D eigenvalue weighted by atomic mass is 14.2. The Hall–Kier alpha value is -6.50. The fourth-order valence-electron chi connectivity index (χ4n) is 8.16. The molecule has 0 spiro atoms. The average Bonchev–Trinajstić information content (AvgIpc) is 3.19. The monoisotopic (exact) mass is 632 g/mol. The summed E-state index contributed by atoms with van der Waals surface area (Å²) < 4.78 is 0. The van der Waals surface area contributed by atoms with E-state index in [1.807, 2.05) is 0 Å². The van der Waals surface area contributed by atoms with Crippen LogP contribution < -0.4 is 0 Å². The molecule has 0 saturated carbocycles. The molecule has 10 aromatic rings. The summed E-state index contributed by atoms with van der Waals surface area (Å²) in [6.45, 7) is 0. The minimum absolute atomic E-state index is 1.23. The van der Waals surface area contributed by atoms with Crippen LogP contribution >= 0.6 is 0 Å². The molecule has 232 valence electrons. The molecule has 0 saturated heterocycles. The Morgan fingerprint density at radius 1 is 0.200 bits per heavy atom. The molecule has 10 rings (SSSR count). The van der Waals surface area contributed by atoms with Gasteiger partial charge in [0.15, 0.2) is 0 Å². The van der Waals surface area contributed by atoms with E-state index in [1.165, 1.54) is 98.4 Å². The van der Waals surface area contributed by atoms with Crippen molar-refractivity contribution in [3.05, 3.63) is 194 Å². The van der Waals surface area contributed by atoms with Gasteiger partial charge in [0.05, 0.1) is 0 Å². The highest BCUT2D eigenvalue weighted by Gasteiger charge is 2.19. The van der Waals surface area contributed by atoms with Gasteiger partial charge in [-0.1, -0.05) is 176 Å². The van der Waals surface area contributed by atoms with E-state index in [-0.39, 0.29) is 0 Å². The SMILES string of the molecule is c1ccc(-c2ccccc2-c2ccc3cc(-c4c5ccccc5c(-c5cc6ccccc6c6ccccc56)c5ccccc45)ccc3c2)cc1. The molecule has 50 heavy (non-hydrogen) atoms. The molecule has 0 bridgehead atoms. The van der Waals surface area contributed by atoms with Crippen molar-refractivity contribution in [3.8, 4) is 44.5 Å². The standard InChI is InChI=1S/C50H32/c1-2-14-33(15-3-1)39-17-6-7-18-40(39)37-28-26-35-31-38(29-27-34(35)30-37)49-44-22-10-12-24-46(44)50(47-25-13-11-23-45(47)49)48-32-36-16-4-5-19-41(36)42-20-8-9-21-43(42)48/h1-32H. The van der Waals surface area contributed by atoms with Gasteiger partial charge in [0.1, 0.15) is 0 Å².